The van der Waals surface area contributed by atoms with Crippen LogP contribution in [0.25, 0.3) is 16.9 Å². The first-order valence-corrected chi connectivity index (χ1v) is 11.2. The molecular formula is C26H28N4O2. The molecule has 0 aliphatic carbocycles. The molecule has 3 heterocycles. The van der Waals surface area contributed by atoms with Gasteiger partial charge in [-0.2, -0.15) is 9.61 Å². The highest BCUT2D eigenvalue weighted by molar-refractivity contribution is 5.86. The number of H-pyrrole nitrogens is 1. The number of aromatic amines is 1. The number of ether oxygens (including phenoxy) is 1. The van der Waals surface area contributed by atoms with E-state index >= 15 is 0 Å². The second kappa shape index (κ2) is 8.54. The number of benzene rings is 2. The van der Waals surface area contributed by atoms with Gasteiger partial charge in [0.15, 0.2) is 5.65 Å². The number of methoxy groups -OCH3 is 1. The van der Waals surface area contributed by atoms with Crippen molar-refractivity contribution >= 4 is 11.3 Å². The van der Waals surface area contributed by atoms with Gasteiger partial charge in [-0.05, 0) is 37.8 Å². The van der Waals surface area contributed by atoms with Crippen molar-refractivity contribution in [3.63, 3.8) is 0 Å². The van der Waals surface area contributed by atoms with Gasteiger partial charge in [-0.25, -0.2) is 0 Å². The van der Waals surface area contributed by atoms with Crippen molar-refractivity contribution in [3.05, 3.63) is 81.8 Å². The SMILES string of the molecule is COc1ccccc1Cc1c(C)[nH]c2c(N3CCCCC3)c(-c3ccccc3)nn2c1=O. The molecule has 0 atom stereocenters. The van der Waals surface area contributed by atoms with Gasteiger partial charge in [-0.1, -0.05) is 48.5 Å². The molecule has 6 nitrogen and oxygen atoms in total. The summed E-state index contributed by atoms with van der Waals surface area (Å²) in [6, 6.07) is 18.0. The molecule has 6 heteroatoms. The quantitative estimate of drug-likeness (QED) is 0.505. The van der Waals surface area contributed by atoms with Crippen molar-refractivity contribution in [2.75, 3.05) is 25.1 Å². The number of fused-ring (bicyclic) bond motifs is 1. The number of hydrogen-bond acceptors (Lipinski definition) is 4. The summed E-state index contributed by atoms with van der Waals surface area (Å²) in [6.45, 7) is 3.93. The second-order valence-electron chi connectivity index (χ2n) is 8.39. The molecule has 0 radical (unpaired) electrons. The molecule has 32 heavy (non-hydrogen) atoms. The van der Waals surface area contributed by atoms with E-state index in [-0.39, 0.29) is 5.56 Å². The Kier molecular flexibility index (Phi) is 5.43. The zero-order chi connectivity index (χ0) is 22.1. The number of nitrogens with zero attached hydrogens (tertiary/aromatic N) is 3. The molecule has 2 aromatic heterocycles. The maximum Gasteiger partial charge on any atom is 0.278 e. The molecule has 0 spiro atoms. The fourth-order valence-electron chi connectivity index (χ4n) is 4.67. The molecule has 164 valence electrons. The highest BCUT2D eigenvalue weighted by Crippen LogP contribution is 2.35. The Morgan fingerprint density at radius 3 is 2.47 bits per heavy atom. The Hall–Kier alpha value is -3.54. The first-order valence-electron chi connectivity index (χ1n) is 11.2. The highest BCUT2D eigenvalue weighted by Gasteiger charge is 2.25. The number of aromatic nitrogens is 3. The van der Waals surface area contributed by atoms with Gasteiger partial charge in [-0.3, -0.25) is 4.79 Å². The van der Waals surface area contributed by atoms with Crippen LogP contribution in [-0.4, -0.2) is 34.8 Å². The van der Waals surface area contributed by atoms with Crippen molar-refractivity contribution < 1.29 is 4.74 Å². The van der Waals surface area contributed by atoms with E-state index < -0.39 is 0 Å². The Labute approximate surface area is 187 Å². The lowest BCUT2D eigenvalue weighted by Gasteiger charge is -2.28. The average Bonchev–Trinajstić information content (AvgIpc) is 3.22. The molecule has 5 rings (SSSR count). The predicted molar refractivity (Wildman–Crippen MR) is 128 cm³/mol. The third-order valence-electron chi connectivity index (χ3n) is 6.35. The van der Waals surface area contributed by atoms with Gasteiger partial charge in [0.1, 0.15) is 17.1 Å². The van der Waals surface area contributed by atoms with Crippen LogP contribution in [0.5, 0.6) is 5.75 Å². The van der Waals surface area contributed by atoms with E-state index in [1.807, 2.05) is 49.4 Å². The van der Waals surface area contributed by atoms with Gasteiger partial charge < -0.3 is 14.6 Å². The van der Waals surface area contributed by atoms with E-state index in [1.165, 1.54) is 6.42 Å². The van der Waals surface area contributed by atoms with Crippen LogP contribution in [0.15, 0.2) is 59.4 Å². The summed E-state index contributed by atoms with van der Waals surface area (Å²) in [5, 5.41) is 4.84. The lowest BCUT2D eigenvalue weighted by atomic mass is 10.0. The van der Waals surface area contributed by atoms with Crippen molar-refractivity contribution in [1.82, 2.24) is 14.6 Å². The summed E-state index contributed by atoms with van der Waals surface area (Å²) in [7, 11) is 1.66. The van der Waals surface area contributed by atoms with Crippen molar-refractivity contribution in [2.24, 2.45) is 0 Å². The van der Waals surface area contributed by atoms with Crippen LogP contribution in [0, 0.1) is 6.92 Å². The van der Waals surface area contributed by atoms with Gasteiger partial charge in [0.05, 0.1) is 7.11 Å². The van der Waals surface area contributed by atoms with E-state index in [9.17, 15) is 4.79 Å². The fourth-order valence-corrected chi connectivity index (χ4v) is 4.67. The summed E-state index contributed by atoms with van der Waals surface area (Å²) in [5.74, 6) is 0.783. The van der Waals surface area contributed by atoms with Crippen LogP contribution in [-0.2, 0) is 6.42 Å². The van der Waals surface area contributed by atoms with Crippen LogP contribution in [0.2, 0.25) is 0 Å². The fraction of sp³-hybridized carbons (Fsp3) is 0.308. The molecule has 1 aliphatic rings. The topological polar surface area (TPSA) is 62.6 Å². The number of anilines is 1. The number of para-hydroxylation sites is 1. The van der Waals surface area contributed by atoms with Gasteiger partial charge in [-0.15, -0.1) is 0 Å². The van der Waals surface area contributed by atoms with Crippen LogP contribution in [0.1, 0.15) is 36.1 Å². The molecule has 0 bridgehead atoms. The number of piperidine rings is 1. The zero-order valence-corrected chi connectivity index (χ0v) is 18.6. The normalized spacial score (nSPS) is 14.1. The predicted octanol–water partition coefficient (Wildman–Crippen LogP) is 4.59. The van der Waals surface area contributed by atoms with E-state index in [1.54, 1.807) is 11.6 Å². The molecule has 2 aromatic carbocycles. The minimum Gasteiger partial charge on any atom is -0.496 e. The highest BCUT2D eigenvalue weighted by atomic mass is 16.5. The van der Waals surface area contributed by atoms with Crippen molar-refractivity contribution in [2.45, 2.75) is 32.6 Å². The van der Waals surface area contributed by atoms with Crippen LogP contribution >= 0.6 is 0 Å². The summed E-state index contributed by atoms with van der Waals surface area (Å²) in [4.78, 5) is 19.6. The summed E-state index contributed by atoms with van der Waals surface area (Å²) >= 11 is 0. The van der Waals surface area contributed by atoms with Gasteiger partial charge >= 0.3 is 0 Å². The molecule has 1 aliphatic heterocycles. The molecule has 1 N–H and O–H groups in total. The smallest absolute Gasteiger partial charge is 0.278 e. The number of aryl methyl sites for hydroxylation is 1. The minimum atomic E-state index is -0.0809. The largest absolute Gasteiger partial charge is 0.496 e. The monoisotopic (exact) mass is 428 g/mol. The Morgan fingerprint density at radius 1 is 1.00 bits per heavy atom. The van der Waals surface area contributed by atoms with E-state index in [2.05, 4.69) is 22.0 Å². The van der Waals surface area contributed by atoms with Gasteiger partial charge in [0.2, 0.25) is 0 Å². The molecule has 1 fully saturated rings. The number of nitrogens with one attached hydrogen (secondary N) is 1. The lowest BCUT2D eigenvalue weighted by molar-refractivity contribution is 0.410. The first-order chi connectivity index (χ1) is 15.7. The average molecular weight is 429 g/mol. The van der Waals surface area contributed by atoms with Crippen molar-refractivity contribution in [1.29, 1.82) is 0 Å². The Bertz CT molecular complexity index is 1300. The third kappa shape index (κ3) is 3.55. The molecule has 1 saturated heterocycles. The molecule has 0 saturated carbocycles. The second-order valence-corrected chi connectivity index (χ2v) is 8.39. The maximum atomic E-state index is 13.7. The molecule has 0 unspecified atom stereocenters. The summed E-state index contributed by atoms with van der Waals surface area (Å²) in [5.41, 5.74) is 6.15. The van der Waals surface area contributed by atoms with Crippen molar-refractivity contribution in [3.8, 4) is 17.0 Å². The van der Waals surface area contributed by atoms with Gasteiger partial charge in [0.25, 0.3) is 5.56 Å². The Morgan fingerprint density at radius 2 is 1.72 bits per heavy atom. The minimum absolute atomic E-state index is 0.0809. The Balaban J connectivity index is 1.70. The molecular weight excluding hydrogens is 400 g/mol. The number of hydrogen-bond donors (Lipinski definition) is 1. The van der Waals surface area contributed by atoms with E-state index in [0.29, 0.717) is 12.0 Å². The van der Waals surface area contributed by atoms with E-state index in [0.717, 1.165) is 65.5 Å². The standard InChI is InChI=1S/C26H28N4O2/c1-18-21(17-20-13-7-8-14-22(20)32-2)26(31)30-25(27-18)24(29-15-9-4-10-16-29)23(28-30)19-11-5-3-6-12-19/h3,5-8,11-14,27H,4,9-10,15-17H2,1-2H3. The maximum absolute atomic E-state index is 13.7. The van der Waals surface area contributed by atoms with Gasteiger partial charge in [0, 0.05) is 36.3 Å². The summed E-state index contributed by atoms with van der Waals surface area (Å²) < 4.78 is 7.06. The zero-order valence-electron chi connectivity index (χ0n) is 18.6. The summed E-state index contributed by atoms with van der Waals surface area (Å²) in [6.07, 6.45) is 4.04. The molecule has 0 amide bonds. The van der Waals surface area contributed by atoms with E-state index in [4.69, 9.17) is 9.84 Å². The third-order valence-corrected chi connectivity index (χ3v) is 6.35. The first kappa shape index (κ1) is 20.4. The van der Waals surface area contributed by atoms with Crippen LogP contribution < -0.4 is 15.2 Å². The van der Waals surface area contributed by atoms with Crippen LogP contribution in [0.3, 0.4) is 0 Å². The number of rotatable bonds is 5. The lowest BCUT2D eigenvalue weighted by Crippen LogP contribution is -2.30. The van der Waals surface area contributed by atoms with Crippen LogP contribution in [0.4, 0.5) is 5.69 Å². The molecule has 4 aromatic rings.